The van der Waals surface area contributed by atoms with Crippen molar-refractivity contribution < 1.29 is 13.3 Å². The Labute approximate surface area is 440 Å². The van der Waals surface area contributed by atoms with Crippen LogP contribution < -0.4 is 9.80 Å². The molecule has 17 aromatic rings. The first-order chi connectivity index (χ1) is 38.2. The first-order valence-corrected chi connectivity index (χ1v) is 26.2. The van der Waals surface area contributed by atoms with Crippen molar-refractivity contribution in [3.8, 4) is 0 Å². The number of anilines is 6. The molecule has 0 amide bonds. The molecule has 3 aromatic heterocycles. The molecule has 77 heavy (non-hydrogen) atoms. The maximum atomic E-state index is 7.27. The third kappa shape index (κ3) is 6.23. The summed E-state index contributed by atoms with van der Waals surface area (Å²) in [5.74, 6) is 0. The van der Waals surface area contributed by atoms with E-state index in [0.717, 1.165) is 121 Å². The van der Waals surface area contributed by atoms with Crippen LogP contribution in [0.1, 0.15) is 0 Å². The number of para-hydroxylation sites is 4. The molecule has 0 bridgehead atoms. The molecule has 5 heteroatoms. The minimum absolute atomic E-state index is 0.800. The highest BCUT2D eigenvalue weighted by Crippen LogP contribution is 2.49. The number of benzene rings is 14. The highest BCUT2D eigenvalue weighted by molar-refractivity contribution is 6.31. The Morgan fingerprint density at radius 1 is 0.208 bits per heavy atom. The third-order valence-corrected chi connectivity index (χ3v) is 16.2. The van der Waals surface area contributed by atoms with Crippen LogP contribution in [0.4, 0.5) is 34.1 Å². The Morgan fingerprint density at radius 2 is 0.584 bits per heavy atom. The lowest BCUT2D eigenvalue weighted by atomic mass is 9.96. The summed E-state index contributed by atoms with van der Waals surface area (Å²) in [4.78, 5) is 4.69. The van der Waals surface area contributed by atoms with Crippen LogP contribution in [0.15, 0.2) is 268 Å². The predicted octanol–water partition coefficient (Wildman–Crippen LogP) is 21.2. The molecule has 0 fully saturated rings. The molecule has 0 atom stereocenters. The van der Waals surface area contributed by atoms with Gasteiger partial charge in [0.25, 0.3) is 0 Å². The molecule has 14 aromatic carbocycles. The summed E-state index contributed by atoms with van der Waals surface area (Å²) in [5.41, 5.74) is 10.9. The van der Waals surface area contributed by atoms with Crippen LogP contribution in [0.25, 0.3) is 130 Å². The second-order valence-electron chi connectivity index (χ2n) is 20.3. The van der Waals surface area contributed by atoms with Crippen molar-refractivity contribution in [1.82, 2.24) is 0 Å². The molecule has 0 radical (unpaired) electrons. The molecule has 0 N–H and O–H groups in total. The lowest BCUT2D eigenvalue weighted by Crippen LogP contribution is -2.10. The van der Waals surface area contributed by atoms with E-state index in [0.29, 0.717) is 0 Å². The van der Waals surface area contributed by atoms with E-state index < -0.39 is 0 Å². The van der Waals surface area contributed by atoms with E-state index in [2.05, 4.69) is 246 Å². The third-order valence-electron chi connectivity index (χ3n) is 16.2. The Hall–Kier alpha value is -10.4. The van der Waals surface area contributed by atoms with Crippen molar-refractivity contribution >= 4 is 165 Å². The summed E-state index contributed by atoms with van der Waals surface area (Å²) in [5, 5.41) is 20.5. The van der Waals surface area contributed by atoms with E-state index in [9.17, 15) is 0 Å². The zero-order chi connectivity index (χ0) is 50.3. The van der Waals surface area contributed by atoms with E-state index >= 15 is 0 Å². The van der Waals surface area contributed by atoms with Crippen LogP contribution in [0.5, 0.6) is 0 Å². The van der Waals surface area contributed by atoms with Gasteiger partial charge in [0.05, 0.1) is 17.1 Å². The summed E-state index contributed by atoms with van der Waals surface area (Å²) < 4.78 is 20.9. The van der Waals surface area contributed by atoms with Gasteiger partial charge in [0.15, 0.2) is 11.2 Å². The lowest BCUT2D eigenvalue weighted by molar-refractivity contribution is 0.668. The van der Waals surface area contributed by atoms with Crippen molar-refractivity contribution in [2.24, 2.45) is 0 Å². The first-order valence-electron chi connectivity index (χ1n) is 26.2. The molecule has 0 aliphatic carbocycles. The largest absolute Gasteiger partial charge is 0.455 e. The van der Waals surface area contributed by atoms with Crippen molar-refractivity contribution in [1.29, 1.82) is 0 Å². The highest BCUT2D eigenvalue weighted by Gasteiger charge is 2.25. The fraction of sp³-hybridized carbons (Fsp3) is 0. The van der Waals surface area contributed by atoms with Gasteiger partial charge in [0.2, 0.25) is 0 Å². The summed E-state index contributed by atoms with van der Waals surface area (Å²) in [7, 11) is 0. The Kier molecular flexibility index (Phi) is 8.77. The lowest BCUT2D eigenvalue weighted by Gasteiger charge is -2.26. The molecule has 3 heterocycles. The van der Waals surface area contributed by atoms with Gasteiger partial charge < -0.3 is 23.1 Å². The quantitative estimate of drug-likeness (QED) is 0.155. The molecule has 17 rings (SSSR count). The normalized spacial score (nSPS) is 12.2. The average Bonchev–Trinajstić information content (AvgIpc) is 4.20. The van der Waals surface area contributed by atoms with Gasteiger partial charge in [-0.1, -0.05) is 170 Å². The molecule has 0 saturated carbocycles. The van der Waals surface area contributed by atoms with Gasteiger partial charge in [0.1, 0.15) is 22.3 Å². The predicted molar refractivity (Wildman–Crippen MR) is 323 cm³/mol. The molecule has 0 unspecified atom stereocenters. The van der Waals surface area contributed by atoms with Gasteiger partial charge in [0, 0.05) is 60.8 Å². The van der Waals surface area contributed by atoms with Gasteiger partial charge >= 0.3 is 0 Å². The molecule has 0 aliphatic heterocycles. The molecule has 0 aliphatic rings. The van der Waals surface area contributed by atoms with Gasteiger partial charge in [-0.15, -0.1) is 0 Å². The van der Waals surface area contributed by atoms with Crippen LogP contribution in [-0.2, 0) is 0 Å². The van der Waals surface area contributed by atoms with Gasteiger partial charge in [-0.25, -0.2) is 0 Å². The maximum absolute atomic E-state index is 7.27. The molecule has 0 saturated heterocycles. The monoisotopic (exact) mass is 982 g/mol. The van der Waals surface area contributed by atoms with Crippen LogP contribution in [-0.4, -0.2) is 0 Å². The fourth-order valence-corrected chi connectivity index (χ4v) is 12.6. The van der Waals surface area contributed by atoms with Gasteiger partial charge in [-0.2, -0.15) is 0 Å². The van der Waals surface area contributed by atoms with Crippen molar-refractivity contribution in [3.63, 3.8) is 0 Å². The number of hydrogen-bond acceptors (Lipinski definition) is 5. The summed E-state index contributed by atoms with van der Waals surface area (Å²) >= 11 is 0. The molecular weight excluding hydrogens is 941 g/mol. The first kappa shape index (κ1) is 42.0. The summed E-state index contributed by atoms with van der Waals surface area (Å²) in [6.45, 7) is 0. The summed E-state index contributed by atoms with van der Waals surface area (Å²) in [6, 6.07) is 91.5. The Balaban J connectivity index is 0.890. The summed E-state index contributed by atoms with van der Waals surface area (Å²) in [6.07, 6.45) is 0. The van der Waals surface area contributed by atoms with E-state index in [1.54, 1.807) is 0 Å². The van der Waals surface area contributed by atoms with Crippen LogP contribution in [0.3, 0.4) is 0 Å². The molecule has 5 nitrogen and oxygen atoms in total. The second kappa shape index (κ2) is 16.1. The van der Waals surface area contributed by atoms with Crippen molar-refractivity contribution in [2.45, 2.75) is 0 Å². The smallest absolute Gasteiger partial charge is 0.159 e. The number of fused-ring (bicyclic) bond motifs is 20. The van der Waals surface area contributed by atoms with Crippen molar-refractivity contribution in [3.05, 3.63) is 255 Å². The van der Waals surface area contributed by atoms with Crippen LogP contribution >= 0.6 is 0 Å². The topological polar surface area (TPSA) is 45.9 Å². The zero-order valence-electron chi connectivity index (χ0n) is 41.4. The van der Waals surface area contributed by atoms with Crippen molar-refractivity contribution in [2.75, 3.05) is 9.80 Å². The highest BCUT2D eigenvalue weighted by atomic mass is 16.3. The number of rotatable bonds is 6. The minimum atomic E-state index is 0.800. The second-order valence-corrected chi connectivity index (χ2v) is 20.3. The Morgan fingerprint density at radius 3 is 1.14 bits per heavy atom. The SMILES string of the molecule is c1ccc2c(c1)ccc1ccc(N(c3ccc4c(c3)oc3c5ccc(N(c6ccc7ccc8ccccc8c7c6)c6cccc7c6oc6ccccc67)cc5c5ccccc5c43)c3cccc4c3oc3ccccc34)cc12. The van der Waals surface area contributed by atoms with Gasteiger partial charge in [-0.3, -0.25) is 0 Å². The van der Waals surface area contributed by atoms with E-state index in [4.69, 9.17) is 13.3 Å². The number of nitrogens with zero attached hydrogens (tertiary/aromatic N) is 2. The average molecular weight is 983 g/mol. The van der Waals surface area contributed by atoms with E-state index in [-0.39, 0.29) is 0 Å². The van der Waals surface area contributed by atoms with Gasteiger partial charge in [-0.05, 0) is 138 Å². The maximum Gasteiger partial charge on any atom is 0.159 e. The number of furan rings is 3. The molecule has 358 valence electrons. The molecule has 0 spiro atoms. The Bertz CT molecular complexity index is 5330. The van der Waals surface area contributed by atoms with Crippen LogP contribution in [0, 0.1) is 0 Å². The standard InChI is InChI=1S/C72H42N2O3/c1-3-15-51-43(13-1)27-29-45-31-33-47(39-61(45)51)73(64-23-11-21-57-54-18-7-9-25-66(54)75-70(57)64)49-35-37-59-63(41-49)53-17-5-6-20-56(53)69-60-38-36-50(42-68(60)77-72(59)69)74(65-24-12-22-58-55-19-8-10-26-67(55)76-71(58)65)48-34-32-46-30-28-44-14-2-4-16-52(44)62(46)40-48/h1-42H. The van der Waals surface area contributed by atoms with E-state index in [1.807, 2.05) is 18.2 Å². The fourth-order valence-electron chi connectivity index (χ4n) is 12.6. The zero-order valence-corrected chi connectivity index (χ0v) is 41.4. The molecular formula is C72H42N2O3. The van der Waals surface area contributed by atoms with Crippen LogP contribution in [0.2, 0.25) is 0 Å². The minimum Gasteiger partial charge on any atom is -0.455 e. The van der Waals surface area contributed by atoms with E-state index in [1.165, 1.54) is 43.1 Å². The number of hydrogen-bond donors (Lipinski definition) is 0.